The molecule has 94 valence electrons. The van der Waals surface area contributed by atoms with Crippen LogP contribution in [0, 0.1) is 11.5 Å². The fraction of sp³-hybridized carbons (Fsp3) is 0. The lowest BCUT2D eigenvalue weighted by molar-refractivity contribution is 0.549. The minimum Gasteiger partial charge on any atom is -0.425 e. The normalized spacial score (nSPS) is 10.6. The van der Waals surface area contributed by atoms with Crippen LogP contribution in [0.15, 0.2) is 53.8 Å². The molecule has 0 saturated carbocycles. The molecule has 19 heavy (non-hydrogen) atoms. The molecule has 0 saturated heterocycles. The van der Waals surface area contributed by atoms with Gasteiger partial charge in [0, 0.05) is 6.20 Å². The first-order valence-corrected chi connectivity index (χ1v) is 5.45. The second kappa shape index (κ2) is 6.02. The van der Waals surface area contributed by atoms with Gasteiger partial charge in [-0.3, -0.25) is 4.98 Å². The number of nitriles is 1. The lowest BCUT2D eigenvalue weighted by Gasteiger charge is -2.09. The number of hydrogen-bond donors (Lipinski definition) is 2. The fourth-order valence-corrected chi connectivity index (χ4v) is 1.37. The van der Waals surface area contributed by atoms with Crippen LogP contribution in [0.3, 0.4) is 0 Å². The summed E-state index contributed by atoms with van der Waals surface area (Å²) in [7, 11) is 0. The summed E-state index contributed by atoms with van der Waals surface area (Å²) in [5.74, 6) is 0.570. The number of aromatic nitrogens is 1. The lowest BCUT2D eigenvalue weighted by atomic mass is 10.3. The van der Waals surface area contributed by atoms with Gasteiger partial charge in [0.05, 0.1) is 17.6 Å². The van der Waals surface area contributed by atoms with Gasteiger partial charge in [-0.25, -0.2) is 0 Å². The molecule has 0 fully saturated rings. The summed E-state index contributed by atoms with van der Waals surface area (Å²) in [4.78, 5) is 7.49. The average molecular weight is 253 g/mol. The summed E-state index contributed by atoms with van der Waals surface area (Å²) in [5.41, 5.74) is 6.70. The van der Waals surface area contributed by atoms with Crippen molar-refractivity contribution in [3.8, 4) is 11.9 Å². The van der Waals surface area contributed by atoms with Crippen molar-refractivity contribution in [2.45, 2.75) is 0 Å². The molecule has 6 nitrogen and oxygen atoms in total. The topological polar surface area (TPSA) is 96.3 Å². The van der Waals surface area contributed by atoms with Crippen LogP contribution in [0.25, 0.3) is 0 Å². The smallest absolute Gasteiger partial charge is 0.310 e. The summed E-state index contributed by atoms with van der Waals surface area (Å²) in [6, 6.07) is 10.7. The van der Waals surface area contributed by atoms with E-state index in [1.165, 1.54) is 6.20 Å². The number of nitrogens with one attached hydrogen (secondary N) is 1. The van der Waals surface area contributed by atoms with Crippen molar-refractivity contribution in [2.24, 2.45) is 4.99 Å². The van der Waals surface area contributed by atoms with Crippen molar-refractivity contribution in [2.75, 3.05) is 11.1 Å². The van der Waals surface area contributed by atoms with E-state index in [2.05, 4.69) is 15.3 Å². The maximum atomic E-state index is 8.65. The molecular weight excluding hydrogens is 242 g/mol. The Morgan fingerprint density at radius 1 is 1.32 bits per heavy atom. The largest absolute Gasteiger partial charge is 0.425 e. The highest BCUT2D eigenvalue weighted by Crippen LogP contribution is 2.12. The number of amidine groups is 1. The third kappa shape index (κ3) is 3.71. The number of aliphatic imine (C=N–C) groups is 1. The molecule has 3 N–H and O–H groups in total. The Morgan fingerprint density at radius 2 is 2.11 bits per heavy atom. The van der Waals surface area contributed by atoms with E-state index in [1.54, 1.807) is 30.6 Å². The summed E-state index contributed by atoms with van der Waals surface area (Å²) >= 11 is 0. The molecule has 2 rings (SSSR count). The standard InChI is InChI=1S/C13H11N5O/c14-9-17-13(19-12-4-2-1-3-5-12)18-11-6-10(15)7-16-8-11/h1-8H,15H2,(H,17,18). The first-order valence-electron chi connectivity index (χ1n) is 5.45. The SMILES string of the molecule is N#C/N=C(/Nc1cncc(N)c1)Oc1ccccc1. The number of hydrogen-bond acceptors (Lipinski definition) is 5. The van der Waals surface area contributed by atoms with Crippen LogP contribution < -0.4 is 15.8 Å². The minimum absolute atomic E-state index is 0.0566. The molecule has 0 atom stereocenters. The summed E-state index contributed by atoms with van der Waals surface area (Å²) in [5, 5.41) is 11.5. The molecule has 0 aliphatic carbocycles. The van der Waals surface area contributed by atoms with Crippen molar-refractivity contribution < 1.29 is 4.74 Å². The maximum Gasteiger partial charge on any atom is 0.310 e. The Morgan fingerprint density at radius 3 is 2.79 bits per heavy atom. The number of anilines is 2. The number of benzene rings is 1. The highest BCUT2D eigenvalue weighted by Gasteiger charge is 2.04. The van der Waals surface area contributed by atoms with Gasteiger partial charge in [-0.2, -0.15) is 5.26 Å². The zero-order chi connectivity index (χ0) is 13.5. The fourth-order valence-electron chi connectivity index (χ4n) is 1.37. The molecule has 0 radical (unpaired) electrons. The predicted molar refractivity (Wildman–Crippen MR) is 72.4 cm³/mol. The zero-order valence-electron chi connectivity index (χ0n) is 9.95. The quantitative estimate of drug-likeness (QED) is 0.484. The van der Waals surface area contributed by atoms with Crippen LogP contribution in [0.4, 0.5) is 11.4 Å². The van der Waals surface area contributed by atoms with E-state index in [0.29, 0.717) is 17.1 Å². The molecule has 1 aromatic carbocycles. The van der Waals surface area contributed by atoms with E-state index < -0.39 is 0 Å². The van der Waals surface area contributed by atoms with Gasteiger partial charge in [-0.1, -0.05) is 18.2 Å². The zero-order valence-corrected chi connectivity index (χ0v) is 9.95. The lowest BCUT2D eigenvalue weighted by Crippen LogP contribution is -2.19. The van der Waals surface area contributed by atoms with Crippen molar-refractivity contribution >= 4 is 17.4 Å². The number of rotatable bonds is 2. The Kier molecular flexibility index (Phi) is 3.93. The molecule has 1 aromatic heterocycles. The van der Waals surface area contributed by atoms with E-state index in [9.17, 15) is 0 Å². The van der Waals surface area contributed by atoms with Crippen LogP contribution in [-0.4, -0.2) is 11.0 Å². The molecule has 0 amide bonds. The third-order valence-electron chi connectivity index (χ3n) is 2.12. The molecule has 0 aliphatic rings. The second-order valence-corrected chi connectivity index (χ2v) is 3.56. The van der Waals surface area contributed by atoms with Crippen LogP contribution in [0.5, 0.6) is 5.75 Å². The van der Waals surface area contributed by atoms with Gasteiger partial charge in [0.2, 0.25) is 6.19 Å². The van der Waals surface area contributed by atoms with Gasteiger partial charge in [0.1, 0.15) is 5.75 Å². The van der Waals surface area contributed by atoms with Gasteiger partial charge in [0.25, 0.3) is 0 Å². The van der Waals surface area contributed by atoms with Gasteiger partial charge in [-0.15, -0.1) is 4.99 Å². The van der Waals surface area contributed by atoms with Crippen molar-refractivity contribution in [3.63, 3.8) is 0 Å². The van der Waals surface area contributed by atoms with E-state index in [0.717, 1.165) is 0 Å². The van der Waals surface area contributed by atoms with Crippen LogP contribution >= 0.6 is 0 Å². The maximum absolute atomic E-state index is 8.65. The first kappa shape index (κ1) is 12.4. The van der Waals surface area contributed by atoms with Crippen molar-refractivity contribution in [1.82, 2.24) is 4.98 Å². The molecule has 0 aliphatic heterocycles. The Balaban J connectivity index is 2.14. The molecule has 2 aromatic rings. The number of nitrogen functional groups attached to an aromatic ring is 1. The second-order valence-electron chi connectivity index (χ2n) is 3.56. The highest BCUT2D eigenvalue weighted by atomic mass is 16.5. The van der Waals surface area contributed by atoms with Gasteiger partial charge >= 0.3 is 6.02 Å². The first-order chi connectivity index (χ1) is 9.28. The summed E-state index contributed by atoms with van der Waals surface area (Å²) in [6.45, 7) is 0. The van der Waals surface area contributed by atoms with Crippen molar-refractivity contribution in [3.05, 3.63) is 48.8 Å². The number of para-hydroxylation sites is 1. The van der Waals surface area contributed by atoms with Crippen LogP contribution in [0.2, 0.25) is 0 Å². The van der Waals surface area contributed by atoms with E-state index in [-0.39, 0.29) is 6.02 Å². The van der Waals surface area contributed by atoms with Gasteiger partial charge in [0.15, 0.2) is 0 Å². The summed E-state index contributed by atoms with van der Waals surface area (Å²) < 4.78 is 5.45. The molecule has 6 heteroatoms. The Labute approximate surface area is 110 Å². The molecule has 0 unspecified atom stereocenters. The van der Waals surface area contributed by atoms with E-state index in [4.69, 9.17) is 15.7 Å². The molecular formula is C13H11N5O. The van der Waals surface area contributed by atoms with Crippen LogP contribution in [0.1, 0.15) is 0 Å². The summed E-state index contributed by atoms with van der Waals surface area (Å²) in [6.07, 6.45) is 4.74. The molecule has 0 spiro atoms. The molecule has 1 heterocycles. The van der Waals surface area contributed by atoms with Gasteiger partial charge < -0.3 is 15.8 Å². The number of ether oxygens (including phenoxy) is 1. The van der Waals surface area contributed by atoms with Crippen LogP contribution in [-0.2, 0) is 0 Å². The van der Waals surface area contributed by atoms with E-state index >= 15 is 0 Å². The van der Waals surface area contributed by atoms with Gasteiger partial charge in [-0.05, 0) is 18.2 Å². The van der Waals surface area contributed by atoms with Crippen molar-refractivity contribution in [1.29, 1.82) is 5.26 Å². The Hall–Kier alpha value is -3.07. The molecule has 0 bridgehead atoms. The third-order valence-corrected chi connectivity index (χ3v) is 2.12. The average Bonchev–Trinajstić information content (AvgIpc) is 2.40. The monoisotopic (exact) mass is 253 g/mol. The highest BCUT2D eigenvalue weighted by molar-refractivity contribution is 5.91. The Bertz CT molecular complexity index is 618. The van der Waals surface area contributed by atoms with E-state index in [1.807, 2.05) is 18.2 Å². The number of nitrogens with two attached hydrogens (primary N) is 1. The predicted octanol–water partition coefficient (Wildman–Crippen LogP) is 1.99. The number of pyridine rings is 1. The minimum atomic E-state index is 0.0566. The number of nitrogens with zero attached hydrogens (tertiary/aromatic N) is 3.